The molecule has 0 saturated heterocycles. The van der Waals surface area contributed by atoms with Crippen molar-refractivity contribution in [2.75, 3.05) is 20.7 Å². The first-order chi connectivity index (χ1) is 8.78. The summed E-state index contributed by atoms with van der Waals surface area (Å²) >= 11 is 8.99. The normalized spacial score (nSPS) is 11.6. The molecule has 0 heterocycles. The van der Waals surface area contributed by atoms with E-state index in [1.54, 1.807) is 0 Å². The van der Waals surface area contributed by atoms with Gasteiger partial charge in [-0.15, -0.1) is 0 Å². The third-order valence-corrected chi connectivity index (χ3v) is 5.52. The molecular weight excluding hydrogens is 358 g/mol. The predicted molar refractivity (Wildman–Crippen MR) is 75.6 cm³/mol. The maximum atomic E-state index is 12.2. The van der Waals surface area contributed by atoms with Crippen molar-refractivity contribution < 1.29 is 17.9 Å². The van der Waals surface area contributed by atoms with Gasteiger partial charge in [-0.05, 0) is 34.1 Å². The lowest BCUT2D eigenvalue weighted by Gasteiger charge is -2.16. The van der Waals surface area contributed by atoms with Gasteiger partial charge in [-0.25, -0.2) is 12.7 Å². The monoisotopic (exact) mass is 369 g/mol. The van der Waals surface area contributed by atoms with Gasteiger partial charge >= 0.3 is 5.97 Å². The summed E-state index contributed by atoms with van der Waals surface area (Å²) in [6, 6.07) is 4.33. The number of methoxy groups -OCH3 is 1. The Morgan fingerprint density at radius 2 is 2.11 bits per heavy atom. The van der Waals surface area contributed by atoms with Crippen molar-refractivity contribution in [1.29, 1.82) is 0 Å². The zero-order valence-electron chi connectivity index (χ0n) is 10.4. The zero-order valence-corrected chi connectivity index (χ0v) is 13.5. The van der Waals surface area contributed by atoms with Gasteiger partial charge in [0.05, 0.1) is 23.4 Å². The molecule has 5 nitrogen and oxygen atoms in total. The van der Waals surface area contributed by atoms with Gasteiger partial charge in [0.15, 0.2) is 0 Å². The Hall–Kier alpha value is -0.630. The Balaban J connectivity index is 2.90. The summed E-state index contributed by atoms with van der Waals surface area (Å²) in [5, 5.41) is 0.427. The molecule has 0 bridgehead atoms. The molecule has 0 fully saturated rings. The van der Waals surface area contributed by atoms with E-state index >= 15 is 0 Å². The van der Waals surface area contributed by atoms with Gasteiger partial charge in [-0.3, -0.25) is 4.79 Å². The molecule has 1 aromatic carbocycles. The molecule has 1 aromatic rings. The van der Waals surface area contributed by atoms with E-state index in [2.05, 4.69) is 20.7 Å². The number of ether oxygens (including phenoxy) is 1. The fourth-order valence-electron chi connectivity index (χ4n) is 1.29. The quantitative estimate of drug-likeness (QED) is 0.746. The van der Waals surface area contributed by atoms with E-state index in [0.29, 0.717) is 9.50 Å². The molecule has 0 aliphatic heterocycles. The predicted octanol–water partition coefficient (Wildman–Crippen LogP) is 2.29. The van der Waals surface area contributed by atoms with E-state index < -0.39 is 16.0 Å². The van der Waals surface area contributed by atoms with Crippen molar-refractivity contribution in [3.63, 3.8) is 0 Å². The van der Waals surface area contributed by atoms with Crippen molar-refractivity contribution in [3.8, 4) is 0 Å². The third kappa shape index (κ3) is 4.17. The van der Waals surface area contributed by atoms with Gasteiger partial charge in [-0.1, -0.05) is 11.6 Å². The number of halogens is 2. The van der Waals surface area contributed by atoms with Crippen LogP contribution < -0.4 is 0 Å². The summed E-state index contributed by atoms with van der Waals surface area (Å²) < 4.78 is 30.5. The van der Waals surface area contributed by atoms with Crippen LogP contribution in [0.2, 0.25) is 5.02 Å². The van der Waals surface area contributed by atoms with Gasteiger partial charge < -0.3 is 4.74 Å². The summed E-state index contributed by atoms with van der Waals surface area (Å²) in [4.78, 5) is 11.1. The Morgan fingerprint density at radius 1 is 1.47 bits per heavy atom. The summed E-state index contributed by atoms with van der Waals surface area (Å²) in [6.45, 7) is 0.0508. The fourth-order valence-corrected chi connectivity index (χ4v) is 3.13. The second-order valence-corrected chi connectivity index (χ2v) is 7.04. The van der Waals surface area contributed by atoms with Crippen molar-refractivity contribution in [3.05, 3.63) is 27.7 Å². The molecular formula is C11H13BrClNO4S. The van der Waals surface area contributed by atoms with Gasteiger partial charge in [0.25, 0.3) is 0 Å². The Kier molecular flexibility index (Phi) is 5.79. The van der Waals surface area contributed by atoms with E-state index in [-0.39, 0.29) is 17.9 Å². The molecule has 0 aliphatic carbocycles. The average Bonchev–Trinajstić information content (AvgIpc) is 2.38. The van der Waals surface area contributed by atoms with Crippen LogP contribution in [0.15, 0.2) is 27.6 Å². The van der Waals surface area contributed by atoms with E-state index in [0.717, 1.165) is 4.31 Å². The van der Waals surface area contributed by atoms with Crippen molar-refractivity contribution in [2.45, 2.75) is 11.3 Å². The first-order valence-electron chi connectivity index (χ1n) is 5.27. The topological polar surface area (TPSA) is 63.7 Å². The van der Waals surface area contributed by atoms with E-state index in [4.69, 9.17) is 11.6 Å². The first-order valence-corrected chi connectivity index (χ1v) is 7.88. The largest absolute Gasteiger partial charge is 0.469 e. The summed E-state index contributed by atoms with van der Waals surface area (Å²) in [6.07, 6.45) is 0.000982. The standard InChI is InChI=1S/C11H13BrClNO4S/c1-14(6-5-11(15)18-2)19(16,17)8-3-4-10(13)9(12)7-8/h3-4,7H,5-6H2,1-2H3. The number of benzene rings is 1. The number of esters is 1. The smallest absolute Gasteiger partial charge is 0.306 e. The summed E-state index contributed by atoms with van der Waals surface area (Å²) in [5.41, 5.74) is 0. The second kappa shape index (κ2) is 6.69. The fraction of sp³-hybridized carbons (Fsp3) is 0.364. The van der Waals surface area contributed by atoms with Crippen LogP contribution in [0, 0.1) is 0 Å². The highest BCUT2D eigenvalue weighted by atomic mass is 79.9. The highest BCUT2D eigenvalue weighted by Gasteiger charge is 2.22. The van der Waals surface area contributed by atoms with Crippen molar-refractivity contribution in [1.82, 2.24) is 4.31 Å². The van der Waals surface area contributed by atoms with Gasteiger partial charge in [0, 0.05) is 18.1 Å². The van der Waals surface area contributed by atoms with Gasteiger partial charge in [0.1, 0.15) is 0 Å². The number of sulfonamides is 1. The maximum absolute atomic E-state index is 12.2. The number of carbonyl (C=O) groups is 1. The van der Waals surface area contributed by atoms with Crippen LogP contribution in [0.4, 0.5) is 0 Å². The van der Waals surface area contributed by atoms with E-state index in [9.17, 15) is 13.2 Å². The molecule has 0 radical (unpaired) electrons. The lowest BCUT2D eigenvalue weighted by Crippen LogP contribution is -2.29. The third-order valence-electron chi connectivity index (χ3n) is 2.46. The van der Waals surface area contributed by atoms with Crippen LogP contribution in [0.1, 0.15) is 6.42 Å². The van der Waals surface area contributed by atoms with Crippen LogP contribution in [0.3, 0.4) is 0 Å². The molecule has 0 N–H and O–H groups in total. The number of hydrogen-bond acceptors (Lipinski definition) is 4. The Morgan fingerprint density at radius 3 is 2.63 bits per heavy atom. The second-order valence-electron chi connectivity index (χ2n) is 3.73. The molecule has 0 unspecified atom stereocenters. The molecule has 0 atom stereocenters. The number of carbonyl (C=O) groups excluding carboxylic acids is 1. The lowest BCUT2D eigenvalue weighted by atomic mass is 10.4. The minimum atomic E-state index is -3.65. The van der Waals surface area contributed by atoms with E-state index in [1.807, 2.05) is 0 Å². The van der Waals surface area contributed by atoms with E-state index in [1.165, 1.54) is 32.4 Å². The number of nitrogens with zero attached hydrogens (tertiary/aromatic N) is 1. The van der Waals surface area contributed by atoms with Crippen LogP contribution in [-0.2, 0) is 19.6 Å². The Bertz CT molecular complexity index is 576. The number of rotatable bonds is 5. The molecule has 106 valence electrons. The minimum absolute atomic E-state index is 0.000982. The van der Waals surface area contributed by atoms with Gasteiger partial charge in [-0.2, -0.15) is 0 Å². The van der Waals surface area contributed by atoms with Crippen molar-refractivity contribution >= 4 is 43.5 Å². The van der Waals surface area contributed by atoms with Crippen molar-refractivity contribution in [2.24, 2.45) is 0 Å². The molecule has 0 aromatic heterocycles. The number of hydrogen-bond donors (Lipinski definition) is 0. The molecule has 8 heteroatoms. The minimum Gasteiger partial charge on any atom is -0.469 e. The molecule has 19 heavy (non-hydrogen) atoms. The lowest BCUT2D eigenvalue weighted by molar-refractivity contribution is -0.140. The molecule has 0 spiro atoms. The Labute approximate surface area is 125 Å². The van der Waals surface area contributed by atoms with Crippen LogP contribution >= 0.6 is 27.5 Å². The van der Waals surface area contributed by atoms with Gasteiger partial charge in [0.2, 0.25) is 10.0 Å². The average molecular weight is 371 g/mol. The van der Waals surface area contributed by atoms with Crippen LogP contribution in [0.5, 0.6) is 0 Å². The molecule has 0 aliphatic rings. The highest BCUT2D eigenvalue weighted by Crippen LogP contribution is 2.26. The van der Waals surface area contributed by atoms with Crippen LogP contribution in [-0.4, -0.2) is 39.4 Å². The molecule has 0 amide bonds. The molecule has 1 rings (SSSR count). The zero-order chi connectivity index (χ0) is 14.6. The SMILES string of the molecule is COC(=O)CCN(C)S(=O)(=O)c1ccc(Cl)c(Br)c1. The maximum Gasteiger partial charge on any atom is 0.306 e. The first kappa shape index (κ1) is 16.4. The highest BCUT2D eigenvalue weighted by molar-refractivity contribution is 9.10. The summed E-state index contributed by atoms with van der Waals surface area (Å²) in [7, 11) is -0.985. The molecule has 0 saturated carbocycles. The van der Waals surface area contributed by atoms with Crippen LogP contribution in [0.25, 0.3) is 0 Å². The summed E-state index contributed by atoms with van der Waals surface area (Å²) in [5.74, 6) is -0.459.